The Labute approximate surface area is 156 Å². The van der Waals surface area contributed by atoms with Crippen molar-refractivity contribution in [2.45, 2.75) is 25.7 Å². The average molecular weight is 389 g/mol. The van der Waals surface area contributed by atoms with Gasteiger partial charge in [-0.15, -0.1) is 0 Å². The third kappa shape index (κ3) is 3.37. The van der Waals surface area contributed by atoms with E-state index in [0.717, 1.165) is 21.3 Å². The van der Waals surface area contributed by atoms with Gasteiger partial charge in [0.05, 0.1) is 20.9 Å². The molecule has 0 atom stereocenters. The van der Waals surface area contributed by atoms with Crippen LogP contribution < -0.4 is 4.80 Å². The number of hydrogen-bond donors (Lipinski definition) is 0. The van der Waals surface area contributed by atoms with Crippen molar-refractivity contribution >= 4 is 37.3 Å². The molecule has 1 amide bonds. The van der Waals surface area contributed by atoms with E-state index in [1.807, 2.05) is 25.5 Å². The Kier molecular flexibility index (Phi) is 4.86. The van der Waals surface area contributed by atoms with Crippen molar-refractivity contribution < 1.29 is 13.2 Å². The number of rotatable bonds is 3. The monoisotopic (exact) mass is 388 g/mol. The smallest absolute Gasteiger partial charge is 0.279 e. The summed E-state index contributed by atoms with van der Waals surface area (Å²) in [5, 5.41) is 0. The topological polar surface area (TPSA) is 68.5 Å². The maximum absolute atomic E-state index is 12.6. The molecule has 2 aromatic carbocycles. The molecule has 136 valence electrons. The Bertz CT molecular complexity index is 1190. The minimum atomic E-state index is -3.36. The predicted octanol–water partition coefficient (Wildman–Crippen LogP) is 3.39. The van der Waals surface area contributed by atoms with Crippen LogP contribution in [-0.2, 0) is 16.9 Å². The third-order valence-corrected chi connectivity index (χ3v) is 7.06. The van der Waals surface area contributed by atoms with E-state index in [0.29, 0.717) is 4.80 Å². The van der Waals surface area contributed by atoms with Gasteiger partial charge in [-0.05, 0) is 49.2 Å². The normalized spacial score (nSPS) is 12.7. The molecule has 0 aliphatic carbocycles. The van der Waals surface area contributed by atoms with E-state index < -0.39 is 15.7 Å². The van der Waals surface area contributed by atoms with Crippen molar-refractivity contribution in [1.29, 1.82) is 0 Å². The van der Waals surface area contributed by atoms with E-state index >= 15 is 0 Å². The van der Waals surface area contributed by atoms with Crippen molar-refractivity contribution in [3.05, 3.63) is 57.9 Å². The van der Waals surface area contributed by atoms with Gasteiger partial charge in [0.15, 0.2) is 14.6 Å². The van der Waals surface area contributed by atoms with Crippen LogP contribution in [0.15, 0.2) is 46.3 Å². The lowest BCUT2D eigenvalue weighted by molar-refractivity contribution is 0.0997. The number of carbonyl (C=O) groups excluding carboxylic acids is 1. The Morgan fingerprint density at radius 3 is 2.62 bits per heavy atom. The van der Waals surface area contributed by atoms with Crippen LogP contribution in [-0.4, -0.2) is 24.6 Å². The van der Waals surface area contributed by atoms with Crippen LogP contribution in [0.2, 0.25) is 0 Å². The lowest BCUT2D eigenvalue weighted by Crippen LogP contribution is -2.14. The number of nitrogens with zero attached hydrogens (tertiary/aromatic N) is 2. The molecule has 0 bridgehead atoms. The summed E-state index contributed by atoms with van der Waals surface area (Å²) in [7, 11) is -1.48. The number of carbonyl (C=O) groups is 1. The molecule has 0 aliphatic rings. The van der Waals surface area contributed by atoms with Gasteiger partial charge < -0.3 is 4.57 Å². The first-order valence-electron chi connectivity index (χ1n) is 8.21. The summed E-state index contributed by atoms with van der Waals surface area (Å²) in [6.07, 6.45) is 0. The van der Waals surface area contributed by atoms with Gasteiger partial charge >= 0.3 is 0 Å². The molecular weight excluding hydrogens is 368 g/mol. The fraction of sp³-hybridized carbons (Fsp3) is 0.263. The highest BCUT2D eigenvalue weighted by Crippen LogP contribution is 2.22. The van der Waals surface area contributed by atoms with Crippen LogP contribution in [0, 0.1) is 13.8 Å². The SMILES string of the molecule is CCS(=O)(=O)c1cccc(C(=O)N=c2sc3cc(C)cc(C)c3n2C)c1. The van der Waals surface area contributed by atoms with Crippen molar-refractivity contribution in [3.63, 3.8) is 0 Å². The second kappa shape index (κ2) is 6.81. The van der Waals surface area contributed by atoms with E-state index in [-0.39, 0.29) is 16.2 Å². The van der Waals surface area contributed by atoms with Crippen LogP contribution >= 0.6 is 11.3 Å². The van der Waals surface area contributed by atoms with E-state index in [1.54, 1.807) is 19.1 Å². The predicted molar refractivity (Wildman–Crippen MR) is 104 cm³/mol. The fourth-order valence-corrected chi connectivity index (χ4v) is 5.05. The molecule has 3 aromatic rings. The maximum Gasteiger partial charge on any atom is 0.279 e. The minimum Gasteiger partial charge on any atom is -0.319 e. The molecule has 3 rings (SSSR count). The lowest BCUT2D eigenvalue weighted by Gasteiger charge is -2.03. The first-order chi connectivity index (χ1) is 12.2. The van der Waals surface area contributed by atoms with E-state index in [1.165, 1.54) is 23.5 Å². The Morgan fingerprint density at radius 1 is 1.19 bits per heavy atom. The fourth-order valence-electron chi connectivity index (χ4n) is 2.93. The molecule has 7 heteroatoms. The van der Waals surface area contributed by atoms with Gasteiger partial charge in [-0.25, -0.2) is 8.42 Å². The van der Waals surface area contributed by atoms with Gasteiger partial charge in [-0.2, -0.15) is 4.99 Å². The number of hydrogen-bond acceptors (Lipinski definition) is 4. The second-order valence-corrected chi connectivity index (χ2v) is 9.51. The highest BCUT2D eigenvalue weighted by Gasteiger charge is 2.15. The number of aromatic nitrogens is 1. The van der Waals surface area contributed by atoms with Gasteiger partial charge in [-0.1, -0.05) is 30.4 Å². The highest BCUT2D eigenvalue weighted by atomic mass is 32.2. The average Bonchev–Trinajstić information content (AvgIpc) is 2.90. The molecule has 0 spiro atoms. The quantitative estimate of drug-likeness (QED) is 0.691. The molecule has 0 radical (unpaired) electrons. The zero-order valence-electron chi connectivity index (χ0n) is 15.1. The minimum absolute atomic E-state index is 0.00825. The molecule has 0 fully saturated rings. The van der Waals surface area contributed by atoms with Gasteiger partial charge in [0.2, 0.25) is 0 Å². The molecule has 0 saturated carbocycles. The Hall–Kier alpha value is -2.25. The summed E-state index contributed by atoms with van der Waals surface area (Å²) in [6, 6.07) is 10.2. The van der Waals surface area contributed by atoms with Gasteiger partial charge in [0, 0.05) is 12.6 Å². The molecule has 0 saturated heterocycles. The van der Waals surface area contributed by atoms with Crippen molar-refractivity contribution in [2.24, 2.45) is 12.0 Å². The number of benzene rings is 2. The van der Waals surface area contributed by atoms with Gasteiger partial charge in [0.1, 0.15) is 0 Å². The van der Waals surface area contributed by atoms with Crippen LogP contribution in [0.3, 0.4) is 0 Å². The molecule has 1 heterocycles. The van der Waals surface area contributed by atoms with E-state index in [2.05, 4.69) is 17.1 Å². The zero-order valence-corrected chi connectivity index (χ0v) is 16.7. The van der Waals surface area contributed by atoms with Gasteiger partial charge in [0.25, 0.3) is 5.91 Å². The number of thiazole rings is 1. The van der Waals surface area contributed by atoms with E-state index in [9.17, 15) is 13.2 Å². The number of aryl methyl sites for hydroxylation is 3. The van der Waals surface area contributed by atoms with Gasteiger partial charge in [-0.3, -0.25) is 4.79 Å². The summed E-state index contributed by atoms with van der Waals surface area (Å²) in [6.45, 7) is 5.65. The number of fused-ring (bicyclic) bond motifs is 1. The maximum atomic E-state index is 12.6. The third-order valence-electron chi connectivity index (χ3n) is 4.25. The molecule has 0 unspecified atom stereocenters. The van der Waals surface area contributed by atoms with E-state index in [4.69, 9.17) is 0 Å². The molecule has 5 nitrogen and oxygen atoms in total. The molecule has 26 heavy (non-hydrogen) atoms. The summed E-state index contributed by atoms with van der Waals surface area (Å²) in [5.41, 5.74) is 3.61. The summed E-state index contributed by atoms with van der Waals surface area (Å²) >= 11 is 1.45. The van der Waals surface area contributed by atoms with Crippen LogP contribution in [0.4, 0.5) is 0 Å². The molecule has 0 aliphatic heterocycles. The molecule has 1 aromatic heterocycles. The second-order valence-electron chi connectivity index (χ2n) is 6.22. The standard InChI is InChI=1S/C19H20N2O3S2/c1-5-26(23,24)15-8-6-7-14(11-15)18(22)20-19-21(4)17-13(3)9-12(2)10-16(17)25-19/h6-11H,5H2,1-4H3. The Balaban J connectivity index is 2.10. The van der Waals surface area contributed by atoms with Crippen molar-refractivity contribution in [1.82, 2.24) is 4.57 Å². The molecular formula is C19H20N2O3S2. The Morgan fingerprint density at radius 2 is 1.92 bits per heavy atom. The highest BCUT2D eigenvalue weighted by molar-refractivity contribution is 7.91. The summed E-state index contributed by atoms with van der Waals surface area (Å²) in [4.78, 5) is 17.6. The first-order valence-corrected chi connectivity index (χ1v) is 10.7. The number of amides is 1. The largest absolute Gasteiger partial charge is 0.319 e. The zero-order chi connectivity index (χ0) is 19.1. The van der Waals surface area contributed by atoms with Crippen molar-refractivity contribution in [2.75, 3.05) is 5.75 Å². The van der Waals surface area contributed by atoms with Crippen molar-refractivity contribution in [3.8, 4) is 0 Å². The van der Waals surface area contributed by atoms with Crippen LogP contribution in [0.1, 0.15) is 28.4 Å². The number of sulfone groups is 1. The van der Waals surface area contributed by atoms with Crippen LogP contribution in [0.5, 0.6) is 0 Å². The summed E-state index contributed by atoms with van der Waals surface area (Å²) in [5.74, 6) is -0.458. The van der Waals surface area contributed by atoms with Crippen LogP contribution in [0.25, 0.3) is 10.2 Å². The molecule has 0 N–H and O–H groups in total. The summed E-state index contributed by atoms with van der Waals surface area (Å²) < 4.78 is 27.0. The first kappa shape index (κ1) is 18.5. The lowest BCUT2D eigenvalue weighted by atomic mass is 10.1.